The number of halogens is 2. The van der Waals surface area contributed by atoms with Crippen LogP contribution in [0.1, 0.15) is 11.1 Å². The Morgan fingerprint density at radius 3 is 2.52 bits per heavy atom. The van der Waals surface area contributed by atoms with Crippen molar-refractivity contribution in [3.8, 4) is 0 Å². The molecule has 0 radical (unpaired) electrons. The summed E-state index contributed by atoms with van der Waals surface area (Å²) in [5, 5.41) is 0.561. The molecule has 112 valence electrons. The Kier molecular flexibility index (Phi) is 5.09. The van der Waals surface area contributed by atoms with Crippen molar-refractivity contribution in [1.82, 2.24) is 4.31 Å². The quantitative estimate of drug-likeness (QED) is 0.786. The molecule has 0 saturated carbocycles. The summed E-state index contributed by atoms with van der Waals surface area (Å²) in [6.07, 6.45) is 0. The number of rotatable bonds is 4. The Balaban J connectivity index is 2.35. The van der Waals surface area contributed by atoms with Crippen molar-refractivity contribution in [2.24, 2.45) is 0 Å². The second-order valence-electron chi connectivity index (χ2n) is 4.76. The SMILES string of the molecule is Cc1ccc(Br)cc1S(=O)(=O)N(C)Cc1ccccc1Cl. The molecular weight excluding hydrogens is 374 g/mol. The first-order chi connectivity index (χ1) is 9.82. The van der Waals surface area contributed by atoms with Crippen LogP contribution in [-0.4, -0.2) is 19.8 Å². The Hall–Kier alpha value is -0.880. The third kappa shape index (κ3) is 3.66. The molecule has 0 aromatic heterocycles. The van der Waals surface area contributed by atoms with Gasteiger partial charge in [-0.3, -0.25) is 0 Å². The molecule has 0 spiro atoms. The minimum absolute atomic E-state index is 0.230. The average Bonchev–Trinajstić information content (AvgIpc) is 2.43. The monoisotopic (exact) mass is 387 g/mol. The third-order valence-electron chi connectivity index (χ3n) is 3.19. The summed E-state index contributed by atoms with van der Waals surface area (Å²) >= 11 is 9.40. The van der Waals surface area contributed by atoms with Crippen LogP contribution in [0.4, 0.5) is 0 Å². The zero-order valence-electron chi connectivity index (χ0n) is 11.7. The molecule has 0 unspecified atom stereocenters. The number of sulfonamides is 1. The summed E-state index contributed by atoms with van der Waals surface area (Å²) in [5.74, 6) is 0. The van der Waals surface area contributed by atoms with E-state index in [4.69, 9.17) is 11.6 Å². The molecular formula is C15H15BrClNO2S. The Morgan fingerprint density at radius 2 is 1.86 bits per heavy atom. The summed E-state index contributed by atoms with van der Waals surface area (Å²) in [7, 11) is -2.01. The lowest BCUT2D eigenvalue weighted by atomic mass is 10.2. The summed E-state index contributed by atoms with van der Waals surface area (Å²) in [4.78, 5) is 0.298. The maximum Gasteiger partial charge on any atom is 0.243 e. The van der Waals surface area contributed by atoms with Crippen LogP contribution in [0.2, 0.25) is 5.02 Å². The van der Waals surface area contributed by atoms with Crippen LogP contribution in [0, 0.1) is 6.92 Å². The van der Waals surface area contributed by atoms with Gasteiger partial charge >= 0.3 is 0 Å². The van der Waals surface area contributed by atoms with Crippen LogP contribution in [0.25, 0.3) is 0 Å². The first-order valence-electron chi connectivity index (χ1n) is 6.28. The van der Waals surface area contributed by atoms with Gasteiger partial charge in [0.1, 0.15) is 0 Å². The van der Waals surface area contributed by atoms with E-state index in [1.54, 1.807) is 32.2 Å². The molecule has 2 aromatic rings. The van der Waals surface area contributed by atoms with E-state index in [9.17, 15) is 8.42 Å². The number of hydrogen-bond acceptors (Lipinski definition) is 2. The normalized spacial score (nSPS) is 11.9. The van der Waals surface area contributed by atoms with Gasteiger partial charge in [-0.1, -0.05) is 51.8 Å². The number of nitrogens with zero attached hydrogens (tertiary/aromatic N) is 1. The van der Waals surface area contributed by atoms with Gasteiger partial charge in [0.05, 0.1) is 4.90 Å². The maximum absolute atomic E-state index is 12.7. The van der Waals surface area contributed by atoms with Crippen molar-refractivity contribution in [1.29, 1.82) is 0 Å². The lowest BCUT2D eigenvalue weighted by Crippen LogP contribution is -2.27. The third-order valence-corrected chi connectivity index (χ3v) is 6.00. The zero-order valence-corrected chi connectivity index (χ0v) is 14.8. The van der Waals surface area contributed by atoms with E-state index in [1.807, 2.05) is 24.3 Å². The van der Waals surface area contributed by atoms with Gasteiger partial charge in [-0.15, -0.1) is 0 Å². The van der Waals surface area contributed by atoms with Gasteiger partial charge < -0.3 is 0 Å². The molecule has 2 aromatic carbocycles. The Morgan fingerprint density at radius 1 is 1.19 bits per heavy atom. The van der Waals surface area contributed by atoms with Crippen molar-refractivity contribution in [2.45, 2.75) is 18.4 Å². The van der Waals surface area contributed by atoms with Gasteiger partial charge in [0.15, 0.2) is 0 Å². The van der Waals surface area contributed by atoms with Crippen LogP contribution in [0.15, 0.2) is 51.8 Å². The highest BCUT2D eigenvalue weighted by molar-refractivity contribution is 9.10. The van der Waals surface area contributed by atoms with Crippen LogP contribution >= 0.6 is 27.5 Å². The van der Waals surface area contributed by atoms with Crippen LogP contribution in [0.3, 0.4) is 0 Å². The molecule has 0 aliphatic rings. The second kappa shape index (κ2) is 6.48. The Bertz CT molecular complexity index is 762. The van der Waals surface area contributed by atoms with E-state index in [2.05, 4.69) is 15.9 Å². The fourth-order valence-electron chi connectivity index (χ4n) is 1.97. The molecule has 0 heterocycles. The predicted molar refractivity (Wildman–Crippen MR) is 89.0 cm³/mol. The molecule has 0 N–H and O–H groups in total. The first kappa shape index (κ1) is 16.5. The molecule has 6 heteroatoms. The molecule has 0 amide bonds. The van der Waals surface area contributed by atoms with Crippen molar-refractivity contribution in [2.75, 3.05) is 7.05 Å². The van der Waals surface area contributed by atoms with E-state index >= 15 is 0 Å². The van der Waals surface area contributed by atoms with Crippen molar-refractivity contribution >= 4 is 37.6 Å². The molecule has 0 aliphatic carbocycles. The van der Waals surface area contributed by atoms with Crippen LogP contribution in [-0.2, 0) is 16.6 Å². The van der Waals surface area contributed by atoms with Gasteiger partial charge in [-0.2, -0.15) is 4.31 Å². The fourth-order valence-corrected chi connectivity index (χ4v) is 4.07. The minimum atomic E-state index is -3.56. The molecule has 0 bridgehead atoms. The van der Waals surface area contributed by atoms with Gasteiger partial charge in [0.2, 0.25) is 10.0 Å². The van der Waals surface area contributed by atoms with Gasteiger partial charge in [0, 0.05) is 23.1 Å². The molecule has 0 fully saturated rings. The molecule has 3 nitrogen and oxygen atoms in total. The van der Waals surface area contributed by atoms with E-state index in [0.29, 0.717) is 15.5 Å². The van der Waals surface area contributed by atoms with E-state index in [1.165, 1.54) is 4.31 Å². The maximum atomic E-state index is 12.7. The molecule has 21 heavy (non-hydrogen) atoms. The van der Waals surface area contributed by atoms with Crippen LogP contribution in [0.5, 0.6) is 0 Å². The smallest absolute Gasteiger partial charge is 0.207 e. The van der Waals surface area contributed by atoms with Crippen molar-refractivity contribution in [3.63, 3.8) is 0 Å². The van der Waals surface area contributed by atoms with Gasteiger partial charge in [0.25, 0.3) is 0 Å². The van der Waals surface area contributed by atoms with E-state index in [0.717, 1.165) is 10.0 Å². The lowest BCUT2D eigenvalue weighted by molar-refractivity contribution is 0.466. The average molecular weight is 389 g/mol. The molecule has 0 atom stereocenters. The van der Waals surface area contributed by atoms with Gasteiger partial charge in [-0.25, -0.2) is 8.42 Å². The molecule has 0 aliphatic heterocycles. The van der Waals surface area contributed by atoms with Crippen LogP contribution < -0.4 is 0 Å². The number of hydrogen-bond donors (Lipinski definition) is 0. The number of aryl methyl sites for hydroxylation is 1. The topological polar surface area (TPSA) is 37.4 Å². The van der Waals surface area contributed by atoms with Gasteiger partial charge in [-0.05, 0) is 36.2 Å². The van der Waals surface area contributed by atoms with E-state index < -0.39 is 10.0 Å². The molecule has 0 saturated heterocycles. The highest BCUT2D eigenvalue weighted by Gasteiger charge is 2.23. The van der Waals surface area contributed by atoms with Crippen molar-refractivity contribution < 1.29 is 8.42 Å². The summed E-state index contributed by atoms with van der Waals surface area (Å²) < 4.78 is 27.4. The second-order valence-corrected chi connectivity index (χ2v) is 8.10. The summed E-state index contributed by atoms with van der Waals surface area (Å²) in [6.45, 7) is 2.01. The number of benzene rings is 2. The first-order valence-corrected chi connectivity index (χ1v) is 8.89. The fraction of sp³-hybridized carbons (Fsp3) is 0.200. The Labute approximate surface area is 138 Å². The molecule has 2 rings (SSSR count). The lowest BCUT2D eigenvalue weighted by Gasteiger charge is -2.19. The highest BCUT2D eigenvalue weighted by Crippen LogP contribution is 2.25. The highest BCUT2D eigenvalue weighted by atomic mass is 79.9. The largest absolute Gasteiger partial charge is 0.243 e. The predicted octanol–water partition coefficient (Wildman–Crippen LogP) is 4.23. The zero-order chi connectivity index (χ0) is 15.6. The summed E-state index contributed by atoms with van der Waals surface area (Å²) in [6, 6.07) is 12.4. The summed E-state index contributed by atoms with van der Waals surface area (Å²) in [5.41, 5.74) is 1.49. The van der Waals surface area contributed by atoms with E-state index in [-0.39, 0.29) is 6.54 Å². The minimum Gasteiger partial charge on any atom is -0.207 e. The van der Waals surface area contributed by atoms with Crippen molar-refractivity contribution in [3.05, 3.63) is 63.1 Å². The standard InChI is InChI=1S/C15H15BrClNO2S/c1-11-7-8-13(16)9-15(11)21(19,20)18(2)10-12-5-3-4-6-14(12)17/h3-9H,10H2,1-2H3.